The molecule has 0 spiro atoms. The van der Waals surface area contributed by atoms with Gasteiger partial charge in [0.05, 0.1) is 0 Å². The van der Waals surface area contributed by atoms with Crippen molar-refractivity contribution in [2.75, 3.05) is 18.5 Å². The summed E-state index contributed by atoms with van der Waals surface area (Å²) in [5.74, 6) is 0. The predicted molar refractivity (Wildman–Crippen MR) is 56.8 cm³/mol. The molecule has 0 aliphatic carbocycles. The van der Waals surface area contributed by atoms with Crippen LogP contribution in [0.15, 0.2) is 0 Å². The molecule has 0 bridgehead atoms. The summed E-state index contributed by atoms with van der Waals surface area (Å²) >= 11 is 0. The average Bonchev–Trinajstić information content (AvgIpc) is 1.86. The van der Waals surface area contributed by atoms with Crippen molar-refractivity contribution in [2.45, 2.75) is 40.0 Å². The van der Waals surface area contributed by atoms with Crippen LogP contribution in [0.2, 0.25) is 0 Å². The van der Waals surface area contributed by atoms with E-state index in [0.717, 1.165) is 19.3 Å². The zero-order valence-electron chi connectivity index (χ0n) is 8.58. The molecule has 0 atom stereocenters. The molecule has 0 radical (unpaired) electrons. The van der Waals surface area contributed by atoms with Crippen LogP contribution in [0.3, 0.4) is 0 Å². The summed E-state index contributed by atoms with van der Waals surface area (Å²) in [5.41, 5.74) is 0. The van der Waals surface area contributed by atoms with Gasteiger partial charge in [0, 0.05) is 0 Å². The van der Waals surface area contributed by atoms with E-state index in [1.807, 2.05) is 20.8 Å². The monoisotopic (exact) mass is 194 g/mol. The van der Waals surface area contributed by atoms with Crippen LogP contribution in [-0.4, -0.2) is 28.3 Å². The second-order valence-electron chi connectivity index (χ2n) is 3.78. The molecule has 0 unspecified atom stereocenters. The molecule has 0 rings (SSSR count). The third kappa shape index (κ3) is 3.84. The molecule has 0 heterocycles. The molecule has 0 saturated heterocycles. The van der Waals surface area contributed by atoms with Gasteiger partial charge in [-0.3, -0.25) is 0 Å². The van der Waals surface area contributed by atoms with E-state index < -0.39 is 7.06 Å². The molecular weight excluding hydrogens is 171 g/mol. The van der Waals surface area contributed by atoms with Gasteiger partial charge in [-0.2, -0.15) is 0 Å². The topological polar surface area (TPSA) is 40.5 Å². The van der Waals surface area contributed by atoms with Crippen molar-refractivity contribution in [1.82, 2.24) is 0 Å². The number of hydrogen-bond acceptors (Lipinski definition) is 2. The molecule has 12 heavy (non-hydrogen) atoms. The molecule has 2 N–H and O–H groups in total. The molecule has 3 heteroatoms. The summed E-state index contributed by atoms with van der Waals surface area (Å²) in [6.07, 6.45) is 4.49. The fraction of sp³-hybridized carbons (Fsp3) is 1.00. The third-order valence-corrected chi connectivity index (χ3v) is 6.66. The first-order chi connectivity index (χ1) is 5.46. The fourth-order valence-corrected chi connectivity index (χ4v) is 5.65. The quantitative estimate of drug-likeness (QED) is 0.638. The first kappa shape index (κ1) is 12.3. The van der Waals surface area contributed by atoms with Gasteiger partial charge in [-0.05, 0) is 0 Å². The molecule has 0 fully saturated rings. The maximum absolute atomic E-state index is 10.2. The van der Waals surface area contributed by atoms with Crippen LogP contribution < -0.4 is 0 Å². The molecule has 0 aromatic rings. The molecular formula is C9H23O2P. The van der Waals surface area contributed by atoms with E-state index in [4.69, 9.17) is 0 Å². The summed E-state index contributed by atoms with van der Waals surface area (Å²) in [6, 6.07) is 0. The van der Waals surface area contributed by atoms with E-state index in [0.29, 0.717) is 18.5 Å². The van der Waals surface area contributed by atoms with Crippen molar-refractivity contribution in [3.63, 3.8) is 0 Å². The molecule has 0 aliphatic rings. The minimum absolute atomic E-state index is 0.618. The Morgan fingerprint density at radius 2 is 1.00 bits per heavy atom. The first-order valence-corrected chi connectivity index (χ1v) is 7.67. The standard InChI is InChI=1S/C9H23O2P/c1-4-7-12(10,11,8-5-2)9-6-3/h10-11H,4-9H2,1-3H3. The minimum atomic E-state index is -3.21. The Balaban J connectivity index is 4.31. The molecule has 0 aromatic carbocycles. The van der Waals surface area contributed by atoms with Gasteiger partial charge in [0.25, 0.3) is 0 Å². The average molecular weight is 194 g/mol. The SMILES string of the molecule is CCCP(O)(O)(CCC)CCC. The Morgan fingerprint density at radius 1 is 0.750 bits per heavy atom. The Bertz CT molecular complexity index is 111. The molecule has 0 aromatic heterocycles. The van der Waals surface area contributed by atoms with Crippen LogP contribution >= 0.6 is 7.06 Å². The fourth-order valence-electron chi connectivity index (χ4n) is 1.88. The van der Waals surface area contributed by atoms with Gasteiger partial charge in [0.15, 0.2) is 0 Å². The summed E-state index contributed by atoms with van der Waals surface area (Å²) in [5, 5.41) is 0. The van der Waals surface area contributed by atoms with Crippen molar-refractivity contribution >= 4 is 7.06 Å². The van der Waals surface area contributed by atoms with Crippen molar-refractivity contribution in [3.8, 4) is 0 Å². The van der Waals surface area contributed by atoms with E-state index in [1.165, 1.54) is 0 Å². The first-order valence-electron chi connectivity index (χ1n) is 4.97. The van der Waals surface area contributed by atoms with Gasteiger partial charge < -0.3 is 0 Å². The van der Waals surface area contributed by atoms with Crippen LogP contribution in [0, 0.1) is 0 Å². The molecule has 2 nitrogen and oxygen atoms in total. The molecule has 0 saturated carbocycles. The van der Waals surface area contributed by atoms with E-state index >= 15 is 0 Å². The van der Waals surface area contributed by atoms with Crippen LogP contribution in [0.5, 0.6) is 0 Å². The molecule has 0 aliphatic heterocycles. The van der Waals surface area contributed by atoms with Crippen LogP contribution in [0.4, 0.5) is 0 Å². The Morgan fingerprint density at radius 3 is 1.17 bits per heavy atom. The van der Waals surface area contributed by atoms with Crippen molar-refractivity contribution in [3.05, 3.63) is 0 Å². The van der Waals surface area contributed by atoms with Gasteiger partial charge in [0.2, 0.25) is 0 Å². The zero-order chi connectivity index (χ0) is 9.69. The van der Waals surface area contributed by atoms with Gasteiger partial charge in [-0.1, -0.05) is 0 Å². The van der Waals surface area contributed by atoms with Crippen molar-refractivity contribution in [2.24, 2.45) is 0 Å². The summed E-state index contributed by atoms with van der Waals surface area (Å²) in [7, 11) is -3.21. The van der Waals surface area contributed by atoms with Crippen LogP contribution in [0.25, 0.3) is 0 Å². The predicted octanol–water partition coefficient (Wildman–Crippen LogP) is 2.58. The van der Waals surface area contributed by atoms with E-state index in [1.54, 1.807) is 0 Å². The zero-order valence-corrected chi connectivity index (χ0v) is 9.48. The van der Waals surface area contributed by atoms with Gasteiger partial charge >= 0.3 is 75.4 Å². The van der Waals surface area contributed by atoms with Crippen molar-refractivity contribution < 1.29 is 9.79 Å². The van der Waals surface area contributed by atoms with E-state index in [9.17, 15) is 9.79 Å². The number of rotatable bonds is 6. The Hall–Kier alpha value is 0.350. The third-order valence-electron chi connectivity index (χ3n) is 2.22. The maximum atomic E-state index is 10.2. The summed E-state index contributed by atoms with van der Waals surface area (Å²) in [6.45, 7) is 6.04. The summed E-state index contributed by atoms with van der Waals surface area (Å²) in [4.78, 5) is 20.3. The van der Waals surface area contributed by atoms with E-state index in [2.05, 4.69) is 0 Å². The van der Waals surface area contributed by atoms with Gasteiger partial charge in [0.1, 0.15) is 0 Å². The van der Waals surface area contributed by atoms with Gasteiger partial charge in [-0.25, -0.2) is 0 Å². The Kier molecular flexibility index (Phi) is 4.68. The normalized spacial score (nSPS) is 15.6. The Labute approximate surface area is 76.1 Å². The second kappa shape index (κ2) is 4.55. The van der Waals surface area contributed by atoms with Crippen LogP contribution in [-0.2, 0) is 0 Å². The second-order valence-corrected chi connectivity index (χ2v) is 8.34. The molecule has 76 valence electrons. The summed E-state index contributed by atoms with van der Waals surface area (Å²) < 4.78 is 0. The number of hydrogen-bond donors (Lipinski definition) is 2. The van der Waals surface area contributed by atoms with Crippen LogP contribution in [0.1, 0.15) is 40.0 Å². The van der Waals surface area contributed by atoms with E-state index in [-0.39, 0.29) is 0 Å². The van der Waals surface area contributed by atoms with Gasteiger partial charge in [-0.15, -0.1) is 0 Å². The van der Waals surface area contributed by atoms with Crippen molar-refractivity contribution in [1.29, 1.82) is 0 Å². The molecule has 0 amide bonds.